The van der Waals surface area contributed by atoms with E-state index in [2.05, 4.69) is 55.0 Å². The van der Waals surface area contributed by atoms with Crippen molar-refractivity contribution >= 4 is 0 Å². The molecule has 6 fully saturated rings. The first-order valence-electron chi connectivity index (χ1n) is 17.3. The lowest BCUT2D eigenvalue weighted by Crippen LogP contribution is -2.67. The molecule has 246 valence electrons. The van der Waals surface area contributed by atoms with Gasteiger partial charge in [-0.2, -0.15) is 0 Å². The molecule has 0 radical (unpaired) electrons. The van der Waals surface area contributed by atoms with Gasteiger partial charge in [-0.1, -0.05) is 60.6 Å². The predicted molar refractivity (Wildman–Crippen MR) is 165 cm³/mol. The summed E-state index contributed by atoms with van der Waals surface area (Å²) in [5.41, 5.74) is 0.988. The van der Waals surface area contributed by atoms with E-state index in [0.717, 1.165) is 38.5 Å². The second-order valence-electron chi connectivity index (χ2n) is 17.5. The topological polar surface area (TPSA) is 120 Å². The summed E-state index contributed by atoms with van der Waals surface area (Å²) >= 11 is 0. The van der Waals surface area contributed by atoms with Crippen molar-refractivity contribution in [2.75, 3.05) is 6.61 Å². The summed E-state index contributed by atoms with van der Waals surface area (Å²) in [6.07, 6.45) is 2.82. The standard InChI is InChI=1S/C36H60O7/c1-19(2)20(3)9-10-21(4)22-11-13-34(8)30-27(40)26(39)29-32(5,6)24(43-31-28(41)25(38)23(37)17-42-31)12-14-35(29)18-36(30,35)16-15-33(22,34)7/h19,21-31,37-41H,3,9-18H2,1-2,4-8H3/t21-,22-,23-,24+,25+,26-,27+,28-,29+,30+,31+,33-,34+,35-,36+/m1/s1. The smallest absolute Gasteiger partial charge is 0.186 e. The lowest BCUT2D eigenvalue weighted by molar-refractivity contribution is -0.311. The lowest BCUT2D eigenvalue weighted by atomic mass is 9.40. The van der Waals surface area contributed by atoms with E-state index in [9.17, 15) is 25.5 Å². The maximum absolute atomic E-state index is 12.2. The highest BCUT2D eigenvalue weighted by molar-refractivity contribution is 5.33. The number of hydrogen-bond acceptors (Lipinski definition) is 7. The zero-order valence-corrected chi connectivity index (χ0v) is 27.8. The molecule has 6 aliphatic rings. The highest BCUT2D eigenvalue weighted by Gasteiger charge is 2.85. The van der Waals surface area contributed by atoms with E-state index in [1.54, 1.807) is 0 Å². The normalized spacial score (nSPS) is 54.3. The Bertz CT molecular complexity index is 1090. The molecule has 5 saturated carbocycles. The second-order valence-corrected chi connectivity index (χ2v) is 17.5. The summed E-state index contributed by atoms with van der Waals surface area (Å²) in [5.74, 6) is 1.69. The van der Waals surface area contributed by atoms with Gasteiger partial charge in [0.2, 0.25) is 0 Å². The molecule has 0 aromatic carbocycles. The zero-order valence-electron chi connectivity index (χ0n) is 27.8. The van der Waals surface area contributed by atoms with Crippen molar-refractivity contribution in [2.24, 2.45) is 56.7 Å². The summed E-state index contributed by atoms with van der Waals surface area (Å²) in [5, 5.41) is 55.0. The van der Waals surface area contributed by atoms with Gasteiger partial charge < -0.3 is 35.0 Å². The third-order valence-corrected chi connectivity index (χ3v) is 15.3. The first-order chi connectivity index (χ1) is 20.0. The van der Waals surface area contributed by atoms with Crippen LogP contribution in [0, 0.1) is 56.7 Å². The highest BCUT2D eigenvalue weighted by atomic mass is 16.7. The fourth-order valence-electron chi connectivity index (χ4n) is 12.6. The minimum atomic E-state index is -1.34. The molecule has 0 unspecified atom stereocenters. The molecular formula is C36H60O7. The van der Waals surface area contributed by atoms with Gasteiger partial charge in [0.05, 0.1) is 24.9 Å². The van der Waals surface area contributed by atoms with Crippen molar-refractivity contribution in [3.05, 3.63) is 12.2 Å². The SMILES string of the molecule is C=C(CC[C@@H](C)[C@H]1CC[C@@]2(C)[C@@H]3[C@@H](O)[C@@H](O)[C@H]4C(C)(C)[C@@H](O[C@@H]5OC[C@@H](O)[C@H](O)[C@H]5O)CC[C@@]45C[C@@]35CC[C@]12C)C(C)C. The van der Waals surface area contributed by atoms with Crippen LogP contribution in [0.4, 0.5) is 0 Å². The molecule has 0 bridgehead atoms. The van der Waals surface area contributed by atoms with E-state index in [-0.39, 0.29) is 46.2 Å². The average molecular weight is 605 g/mol. The van der Waals surface area contributed by atoms with Crippen LogP contribution in [-0.2, 0) is 9.47 Å². The molecule has 7 heteroatoms. The Balaban J connectivity index is 1.24. The van der Waals surface area contributed by atoms with Crippen LogP contribution in [-0.4, -0.2) is 75.1 Å². The molecule has 5 N–H and O–H groups in total. The molecule has 1 saturated heterocycles. The Morgan fingerprint density at radius 2 is 1.47 bits per heavy atom. The first kappa shape index (κ1) is 32.4. The summed E-state index contributed by atoms with van der Waals surface area (Å²) in [7, 11) is 0. The van der Waals surface area contributed by atoms with Gasteiger partial charge in [-0.25, -0.2) is 0 Å². The Labute approximate surface area is 259 Å². The molecule has 15 atom stereocenters. The van der Waals surface area contributed by atoms with Gasteiger partial charge in [-0.15, -0.1) is 0 Å². The molecule has 2 spiro atoms. The maximum Gasteiger partial charge on any atom is 0.186 e. The van der Waals surface area contributed by atoms with Crippen molar-refractivity contribution in [1.82, 2.24) is 0 Å². The van der Waals surface area contributed by atoms with Gasteiger partial charge in [0.25, 0.3) is 0 Å². The summed E-state index contributed by atoms with van der Waals surface area (Å²) < 4.78 is 12.0. The predicted octanol–water partition coefficient (Wildman–Crippen LogP) is 4.82. The molecule has 43 heavy (non-hydrogen) atoms. The van der Waals surface area contributed by atoms with E-state index in [0.29, 0.717) is 17.8 Å². The molecular weight excluding hydrogens is 544 g/mol. The van der Waals surface area contributed by atoms with Crippen LogP contribution in [0.5, 0.6) is 0 Å². The van der Waals surface area contributed by atoms with E-state index in [4.69, 9.17) is 9.47 Å². The molecule has 7 nitrogen and oxygen atoms in total. The zero-order chi connectivity index (χ0) is 31.5. The summed E-state index contributed by atoms with van der Waals surface area (Å²) in [4.78, 5) is 0. The number of aliphatic hydroxyl groups excluding tert-OH is 5. The van der Waals surface area contributed by atoms with E-state index >= 15 is 0 Å². The van der Waals surface area contributed by atoms with Crippen LogP contribution >= 0.6 is 0 Å². The molecule has 0 amide bonds. The summed E-state index contributed by atoms with van der Waals surface area (Å²) in [6.45, 7) is 20.4. The van der Waals surface area contributed by atoms with Gasteiger partial charge in [0, 0.05) is 5.92 Å². The van der Waals surface area contributed by atoms with Crippen LogP contribution in [0.1, 0.15) is 106 Å². The average Bonchev–Trinajstić information content (AvgIpc) is 3.48. The number of allylic oxidation sites excluding steroid dienone is 1. The molecule has 0 aromatic rings. The number of rotatable bonds is 7. The van der Waals surface area contributed by atoms with Crippen molar-refractivity contribution < 1.29 is 35.0 Å². The van der Waals surface area contributed by atoms with Crippen molar-refractivity contribution in [3.63, 3.8) is 0 Å². The fraction of sp³-hybridized carbons (Fsp3) is 0.944. The number of aliphatic hydroxyl groups is 5. The maximum atomic E-state index is 12.2. The van der Waals surface area contributed by atoms with Crippen molar-refractivity contribution in [3.8, 4) is 0 Å². The Hall–Kier alpha value is -0.540. The van der Waals surface area contributed by atoms with Gasteiger partial charge >= 0.3 is 0 Å². The third-order valence-electron chi connectivity index (χ3n) is 15.3. The first-order valence-corrected chi connectivity index (χ1v) is 17.3. The van der Waals surface area contributed by atoms with E-state index in [1.165, 1.54) is 24.8 Å². The Morgan fingerprint density at radius 1 is 0.814 bits per heavy atom. The Morgan fingerprint density at radius 3 is 2.14 bits per heavy atom. The molecule has 1 aliphatic heterocycles. The van der Waals surface area contributed by atoms with Crippen LogP contribution in [0.3, 0.4) is 0 Å². The quantitative estimate of drug-likeness (QED) is 0.209. The van der Waals surface area contributed by atoms with Crippen molar-refractivity contribution in [1.29, 1.82) is 0 Å². The van der Waals surface area contributed by atoms with Crippen LogP contribution < -0.4 is 0 Å². The van der Waals surface area contributed by atoms with Gasteiger partial charge in [0.1, 0.15) is 18.3 Å². The van der Waals surface area contributed by atoms with E-state index in [1.807, 2.05) is 0 Å². The van der Waals surface area contributed by atoms with Crippen LogP contribution in [0.25, 0.3) is 0 Å². The molecule has 0 aromatic heterocycles. The minimum absolute atomic E-state index is 0.0233. The van der Waals surface area contributed by atoms with Gasteiger partial charge in [0.15, 0.2) is 6.29 Å². The molecule has 6 rings (SSSR count). The number of ether oxygens (including phenoxy) is 2. The highest BCUT2D eigenvalue weighted by Crippen LogP contribution is 2.89. The van der Waals surface area contributed by atoms with Gasteiger partial charge in [-0.3, -0.25) is 0 Å². The third kappa shape index (κ3) is 4.30. The Kier molecular flexibility index (Phi) is 7.90. The largest absolute Gasteiger partial charge is 0.390 e. The number of fused-ring (bicyclic) bond motifs is 2. The number of hydrogen-bond donors (Lipinski definition) is 5. The molecule has 5 aliphatic carbocycles. The monoisotopic (exact) mass is 604 g/mol. The van der Waals surface area contributed by atoms with E-state index < -0.39 is 42.2 Å². The molecule has 1 heterocycles. The van der Waals surface area contributed by atoms with Gasteiger partial charge in [-0.05, 0) is 109 Å². The minimum Gasteiger partial charge on any atom is -0.390 e. The van der Waals surface area contributed by atoms with Crippen LogP contribution in [0.2, 0.25) is 0 Å². The lowest BCUT2D eigenvalue weighted by Gasteiger charge is -2.66. The second kappa shape index (κ2) is 10.5. The summed E-state index contributed by atoms with van der Waals surface area (Å²) in [6, 6.07) is 0. The fourth-order valence-corrected chi connectivity index (χ4v) is 12.6. The van der Waals surface area contributed by atoms with Crippen LogP contribution in [0.15, 0.2) is 12.2 Å². The van der Waals surface area contributed by atoms with Crippen molar-refractivity contribution in [2.45, 2.75) is 149 Å².